The number of hydrogen-bond donors (Lipinski definition) is 3. The van der Waals surface area contributed by atoms with Crippen molar-refractivity contribution in [1.29, 1.82) is 0 Å². The Balaban J connectivity index is 1.68. The molecule has 0 radical (unpaired) electrons. The molecule has 7 heteroatoms. The topological polar surface area (TPSA) is 78.8 Å². The van der Waals surface area contributed by atoms with Crippen LogP contribution in [0.3, 0.4) is 0 Å². The fourth-order valence-corrected chi connectivity index (χ4v) is 2.71. The van der Waals surface area contributed by atoms with Crippen molar-refractivity contribution < 1.29 is 5.11 Å². The first-order valence-corrected chi connectivity index (χ1v) is 7.18. The zero-order chi connectivity index (χ0) is 13.8. The van der Waals surface area contributed by atoms with Crippen LogP contribution in [0.1, 0.15) is 5.56 Å². The van der Waals surface area contributed by atoms with Gasteiger partial charge in [0.05, 0.1) is 41.8 Å². The van der Waals surface area contributed by atoms with Gasteiger partial charge in [0.15, 0.2) is 0 Å². The molecular weight excluding hydrogens is 274 g/mol. The van der Waals surface area contributed by atoms with Crippen molar-refractivity contribution in [3.05, 3.63) is 41.7 Å². The highest BCUT2D eigenvalue weighted by molar-refractivity contribution is 7.13. The van der Waals surface area contributed by atoms with Crippen LogP contribution in [0.5, 0.6) is 0 Å². The maximum atomic E-state index is 8.86. The molecule has 3 N–H and O–H groups in total. The molecule has 0 aliphatic heterocycles. The van der Waals surface area contributed by atoms with Crippen LogP contribution in [0, 0.1) is 0 Å². The molecule has 104 valence electrons. The zero-order valence-electron chi connectivity index (χ0n) is 10.8. The van der Waals surface area contributed by atoms with E-state index in [2.05, 4.69) is 26.7 Å². The van der Waals surface area contributed by atoms with Crippen LogP contribution < -0.4 is 5.32 Å². The largest absolute Gasteiger partial charge is 0.394 e. The Bertz CT molecular complexity index is 658. The molecule has 0 spiro atoms. The predicted octanol–water partition coefficient (Wildman–Crippen LogP) is 1.94. The first-order chi connectivity index (χ1) is 9.86. The number of hydrogen-bond acceptors (Lipinski definition) is 5. The van der Waals surface area contributed by atoms with Crippen molar-refractivity contribution >= 4 is 17.0 Å². The van der Waals surface area contributed by atoms with E-state index in [9.17, 15) is 0 Å². The number of nitrogens with zero attached hydrogens (tertiary/aromatic N) is 3. The molecule has 3 aromatic rings. The molecule has 6 nitrogen and oxygen atoms in total. The monoisotopic (exact) mass is 289 g/mol. The number of anilines is 1. The van der Waals surface area contributed by atoms with Gasteiger partial charge >= 0.3 is 0 Å². The lowest BCUT2D eigenvalue weighted by atomic mass is 10.2. The molecule has 3 heterocycles. The third-order valence-corrected chi connectivity index (χ3v) is 3.82. The van der Waals surface area contributed by atoms with Crippen molar-refractivity contribution in [2.75, 3.05) is 11.9 Å². The number of aliphatic hydroxyl groups excluding tert-OH is 1. The van der Waals surface area contributed by atoms with Crippen LogP contribution in [-0.4, -0.2) is 31.7 Å². The van der Waals surface area contributed by atoms with Crippen molar-refractivity contribution in [3.63, 3.8) is 0 Å². The van der Waals surface area contributed by atoms with Gasteiger partial charge in [0.1, 0.15) is 0 Å². The van der Waals surface area contributed by atoms with E-state index >= 15 is 0 Å². The van der Waals surface area contributed by atoms with Crippen molar-refractivity contribution in [1.82, 2.24) is 20.0 Å². The third-order valence-electron chi connectivity index (χ3n) is 2.93. The predicted molar refractivity (Wildman–Crippen MR) is 78.5 cm³/mol. The van der Waals surface area contributed by atoms with E-state index in [0.717, 1.165) is 16.9 Å². The first kappa shape index (κ1) is 12.9. The Labute approximate surface area is 120 Å². The van der Waals surface area contributed by atoms with Crippen molar-refractivity contribution in [2.24, 2.45) is 0 Å². The molecule has 0 saturated heterocycles. The summed E-state index contributed by atoms with van der Waals surface area (Å²) < 4.78 is 1.71. The normalized spacial score (nSPS) is 10.8. The summed E-state index contributed by atoms with van der Waals surface area (Å²) in [6, 6.07) is 4.10. The van der Waals surface area contributed by atoms with Crippen molar-refractivity contribution in [2.45, 2.75) is 13.1 Å². The average Bonchev–Trinajstić information content (AvgIpc) is 3.18. The fourth-order valence-electron chi connectivity index (χ4n) is 1.96. The molecule has 0 unspecified atom stereocenters. The minimum atomic E-state index is 0.0887. The van der Waals surface area contributed by atoms with Gasteiger partial charge < -0.3 is 10.4 Å². The Kier molecular flexibility index (Phi) is 3.80. The van der Waals surface area contributed by atoms with Gasteiger partial charge in [-0.2, -0.15) is 10.2 Å². The first-order valence-electron chi connectivity index (χ1n) is 6.30. The number of nitrogens with one attached hydrogen (secondary N) is 2. The lowest BCUT2D eigenvalue weighted by Gasteiger charge is -2.03. The number of rotatable bonds is 6. The average molecular weight is 289 g/mol. The van der Waals surface area contributed by atoms with Crippen LogP contribution in [0.4, 0.5) is 5.69 Å². The molecule has 3 aromatic heterocycles. The highest BCUT2D eigenvalue weighted by atomic mass is 32.1. The lowest BCUT2D eigenvalue weighted by molar-refractivity contribution is 0.269. The number of H-pyrrole nitrogens is 1. The second-order valence-corrected chi connectivity index (χ2v) is 5.26. The van der Waals surface area contributed by atoms with Crippen LogP contribution >= 0.6 is 11.3 Å². The zero-order valence-corrected chi connectivity index (χ0v) is 11.6. The maximum Gasteiger partial charge on any atom is 0.0799 e. The van der Waals surface area contributed by atoms with E-state index in [4.69, 9.17) is 5.11 Å². The molecule has 0 aromatic carbocycles. The van der Waals surface area contributed by atoms with Gasteiger partial charge in [-0.25, -0.2) is 0 Å². The standard InChI is InChI=1S/C13H15N5OS/c19-4-3-18-9-11(8-16-18)14-6-10-7-15-17-13(10)12-2-1-5-20-12/h1-2,5,7-9,14,19H,3-4,6H2,(H,15,17). The Morgan fingerprint density at radius 1 is 1.40 bits per heavy atom. The molecule has 0 aliphatic carbocycles. The van der Waals surface area contributed by atoms with Gasteiger partial charge in [0.2, 0.25) is 0 Å². The summed E-state index contributed by atoms with van der Waals surface area (Å²) in [6.45, 7) is 1.27. The van der Waals surface area contributed by atoms with E-state index in [1.165, 1.54) is 4.88 Å². The number of aromatic nitrogens is 4. The summed E-state index contributed by atoms with van der Waals surface area (Å²) in [5, 5.41) is 25.5. The minimum Gasteiger partial charge on any atom is -0.394 e. The Morgan fingerprint density at radius 2 is 2.35 bits per heavy atom. The Hall–Kier alpha value is -2.12. The SMILES string of the molecule is OCCn1cc(NCc2cn[nH]c2-c2cccs2)cn1. The summed E-state index contributed by atoms with van der Waals surface area (Å²) in [4.78, 5) is 1.18. The summed E-state index contributed by atoms with van der Waals surface area (Å²) in [5.74, 6) is 0. The van der Waals surface area contributed by atoms with E-state index in [1.807, 2.05) is 23.8 Å². The molecule has 20 heavy (non-hydrogen) atoms. The Morgan fingerprint density at radius 3 is 3.15 bits per heavy atom. The van der Waals surface area contributed by atoms with Crippen LogP contribution in [0.25, 0.3) is 10.6 Å². The lowest BCUT2D eigenvalue weighted by Crippen LogP contribution is -2.02. The molecule has 0 fully saturated rings. The third kappa shape index (κ3) is 2.73. The minimum absolute atomic E-state index is 0.0887. The van der Waals surface area contributed by atoms with Crippen LogP contribution in [0.15, 0.2) is 36.1 Å². The van der Waals surface area contributed by atoms with Gasteiger partial charge in [-0.3, -0.25) is 9.78 Å². The van der Waals surface area contributed by atoms with E-state index in [0.29, 0.717) is 13.1 Å². The van der Waals surface area contributed by atoms with Gasteiger partial charge in [-0.15, -0.1) is 11.3 Å². The summed E-state index contributed by atoms with van der Waals surface area (Å²) in [6.07, 6.45) is 5.46. The van der Waals surface area contributed by atoms with Gasteiger partial charge in [0, 0.05) is 18.3 Å². The molecule has 0 aliphatic rings. The van der Waals surface area contributed by atoms with Gasteiger partial charge in [-0.05, 0) is 11.4 Å². The number of thiophene rings is 1. The van der Waals surface area contributed by atoms with Crippen molar-refractivity contribution in [3.8, 4) is 10.6 Å². The highest BCUT2D eigenvalue weighted by Crippen LogP contribution is 2.26. The van der Waals surface area contributed by atoms with E-state index in [-0.39, 0.29) is 6.61 Å². The van der Waals surface area contributed by atoms with E-state index < -0.39 is 0 Å². The number of aliphatic hydroxyl groups is 1. The summed E-state index contributed by atoms with van der Waals surface area (Å²) >= 11 is 1.68. The number of aromatic amines is 1. The van der Waals surface area contributed by atoms with Gasteiger partial charge in [-0.1, -0.05) is 6.07 Å². The van der Waals surface area contributed by atoms with Gasteiger partial charge in [0.25, 0.3) is 0 Å². The molecule has 3 rings (SSSR count). The highest BCUT2D eigenvalue weighted by Gasteiger charge is 2.08. The molecule has 0 atom stereocenters. The van der Waals surface area contributed by atoms with Crippen LogP contribution in [-0.2, 0) is 13.1 Å². The quantitative estimate of drug-likeness (QED) is 0.648. The van der Waals surface area contributed by atoms with Crippen LogP contribution in [0.2, 0.25) is 0 Å². The molecule has 0 bridgehead atoms. The van der Waals surface area contributed by atoms with E-state index in [1.54, 1.807) is 22.2 Å². The fraction of sp³-hybridized carbons (Fsp3) is 0.231. The molecule has 0 amide bonds. The summed E-state index contributed by atoms with van der Waals surface area (Å²) in [7, 11) is 0. The second-order valence-electron chi connectivity index (χ2n) is 4.32. The second kappa shape index (κ2) is 5.89. The molecule has 0 saturated carbocycles. The maximum absolute atomic E-state index is 8.86. The summed E-state index contributed by atoms with van der Waals surface area (Å²) in [5.41, 5.74) is 3.09. The smallest absolute Gasteiger partial charge is 0.0799 e. The molecular formula is C13H15N5OS.